The number of anilines is 1. The van der Waals surface area contributed by atoms with Crippen LogP contribution in [0.15, 0.2) is 18.2 Å². The van der Waals surface area contributed by atoms with Gasteiger partial charge >= 0.3 is 5.97 Å². The molecule has 0 atom stereocenters. The average Bonchev–Trinajstić information content (AvgIpc) is 3.03. The standard InChI is InChI=1S/C13H13NO4/c15-11(13(4-5-13)12(16)17)14-9-1-2-10-8(7-9)3-6-18-10/h1-2,7H,3-6H2,(H,14,15)(H,16,17). The Morgan fingerprint density at radius 3 is 2.78 bits per heavy atom. The molecule has 2 aliphatic rings. The van der Waals surface area contributed by atoms with E-state index in [9.17, 15) is 9.59 Å². The van der Waals surface area contributed by atoms with Crippen LogP contribution < -0.4 is 10.1 Å². The molecular formula is C13H13NO4. The van der Waals surface area contributed by atoms with Gasteiger partial charge in [-0.1, -0.05) is 0 Å². The van der Waals surface area contributed by atoms with Gasteiger partial charge in [0.1, 0.15) is 11.2 Å². The van der Waals surface area contributed by atoms with Crippen molar-refractivity contribution in [3.8, 4) is 5.75 Å². The number of aliphatic carboxylic acids is 1. The molecule has 18 heavy (non-hydrogen) atoms. The highest BCUT2D eigenvalue weighted by Crippen LogP contribution is 2.46. The third kappa shape index (κ3) is 1.63. The first-order valence-corrected chi connectivity index (χ1v) is 5.92. The largest absolute Gasteiger partial charge is 0.493 e. The summed E-state index contributed by atoms with van der Waals surface area (Å²) in [5.74, 6) is -0.620. The maximum Gasteiger partial charge on any atom is 0.319 e. The summed E-state index contributed by atoms with van der Waals surface area (Å²) in [6.07, 6.45) is 1.66. The molecule has 1 aromatic carbocycles. The molecule has 1 aromatic rings. The van der Waals surface area contributed by atoms with Gasteiger partial charge in [0.05, 0.1) is 6.61 Å². The number of carboxylic acids is 1. The van der Waals surface area contributed by atoms with E-state index < -0.39 is 17.3 Å². The Morgan fingerprint density at radius 2 is 2.11 bits per heavy atom. The van der Waals surface area contributed by atoms with Gasteiger partial charge in [0.2, 0.25) is 5.91 Å². The number of benzene rings is 1. The van der Waals surface area contributed by atoms with Gasteiger partial charge in [-0.2, -0.15) is 0 Å². The number of carbonyl (C=O) groups excluding carboxylic acids is 1. The van der Waals surface area contributed by atoms with Gasteiger partial charge < -0.3 is 15.2 Å². The highest BCUT2D eigenvalue weighted by Gasteiger charge is 2.57. The van der Waals surface area contributed by atoms with Gasteiger partial charge in [-0.3, -0.25) is 9.59 Å². The van der Waals surface area contributed by atoms with E-state index in [1.165, 1.54) is 0 Å². The van der Waals surface area contributed by atoms with Gasteiger partial charge in [-0.15, -0.1) is 0 Å². The molecule has 0 saturated heterocycles. The van der Waals surface area contributed by atoms with Crippen LogP contribution in [0.25, 0.3) is 0 Å². The van der Waals surface area contributed by atoms with Crippen LogP contribution in [-0.4, -0.2) is 23.6 Å². The predicted octanol–water partition coefficient (Wildman–Crippen LogP) is 1.42. The first kappa shape index (κ1) is 11.1. The molecule has 1 fully saturated rings. The number of carboxylic acid groups (broad SMARTS) is 1. The molecule has 0 aromatic heterocycles. The third-order valence-electron chi connectivity index (χ3n) is 3.54. The van der Waals surface area contributed by atoms with E-state index in [1.807, 2.05) is 6.07 Å². The van der Waals surface area contributed by atoms with Crippen molar-refractivity contribution < 1.29 is 19.4 Å². The van der Waals surface area contributed by atoms with Crippen molar-refractivity contribution in [3.05, 3.63) is 23.8 Å². The average molecular weight is 247 g/mol. The van der Waals surface area contributed by atoms with Crippen LogP contribution in [0, 0.1) is 5.41 Å². The molecule has 0 unspecified atom stereocenters. The lowest BCUT2D eigenvalue weighted by Crippen LogP contribution is -2.31. The quantitative estimate of drug-likeness (QED) is 0.792. The minimum atomic E-state index is -1.20. The zero-order valence-electron chi connectivity index (χ0n) is 9.73. The van der Waals surface area contributed by atoms with Crippen LogP contribution in [0.3, 0.4) is 0 Å². The van der Waals surface area contributed by atoms with Crippen LogP contribution >= 0.6 is 0 Å². The van der Waals surface area contributed by atoms with Crippen LogP contribution in [0.4, 0.5) is 5.69 Å². The Hall–Kier alpha value is -2.04. The second-order valence-corrected chi connectivity index (χ2v) is 4.76. The molecule has 0 bridgehead atoms. The number of carbonyl (C=O) groups is 2. The SMILES string of the molecule is O=C(O)C1(C(=O)Nc2ccc3c(c2)CCO3)CC1. The van der Waals surface area contributed by atoms with E-state index >= 15 is 0 Å². The number of ether oxygens (including phenoxy) is 1. The zero-order chi connectivity index (χ0) is 12.8. The van der Waals surface area contributed by atoms with Crippen molar-refractivity contribution in [1.82, 2.24) is 0 Å². The first-order valence-electron chi connectivity index (χ1n) is 5.92. The number of hydrogen-bond acceptors (Lipinski definition) is 3. The third-order valence-corrected chi connectivity index (χ3v) is 3.54. The molecule has 0 spiro atoms. The van der Waals surface area contributed by atoms with E-state index in [0.29, 0.717) is 25.1 Å². The van der Waals surface area contributed by atoms with Crippen molar-refractivity contribution in [2.24, 2.45) is 5.41 Å². The molecule has 94 valence electrons. The van der Waals surface area contributed by atoms with Crippen molar-refractivity contribution in [3.63, 3.8) is 0 Å². The fourth-order valence-corrected chi connectivity index (χ4v) is 2.18. The fourth-order valence-electron chi connectivity index (χ4n) is 2.18. The molecule has 5 heteroatoms. The predicted molar refractivity (Wildman–Crippen MR) is 63.6 cm³/mol. The molecule has 2 N–H and O–H groups in total. The van der Waals surface area contributed by atoms with Crippen LogP contribution in [-0.2, 0) is 16.0 Å². The molecule has 3 rings (SSSR count). The molecule has 0 radical (unpaired) electrons. The normalized spacial score (nSPS) is 18.7. The van der Waals surface area contributed by atoms with Gasteiger partial charge in [-0.25, -0.2) is 0 Å². The lowest BCUT2D eigenvalue weighted by atomic mass is 10.1. The first-order chi connectivity index (χ1) is 8.62. The number of nitrogens with one attached hydrogen (secondary N) is 1. The van der Waals surface area contributed by atoms with Crippen LogP contribution in [0.1, 0.15) is 18.4 Å². The van der Waals surface area contributed by atoms with E-state index in [1.54, 1.807) is 12.1 Å². The monoisotopic (exact) mass is 247 g/mol. The van der Waals surface area contributed by atoms with Crippen molar-refractivity contribution >= 4 is 17.6 Å². The number of rotatable bonds is 3. The minimum absolute atomic E-state index is 0.419. The molecule has 1 heterocycles. The summed E-state index contributed by atoms with van der Waals surface area (Å²) in [5.41, 5.74) is 0.486. The summed E-state index contributed by atoms with van der Waals surface area (Å²) in [5, 5.41) is 11.7. The van der Waals surface area contributed by atoms with Crippen molar-refractivity contribution in [2.45, 2.75) is 19.3 Å². The topological polar surface area (TPSA) is 75.6 Å². The second-order valence-electron chi connectivity index (χ2n) is 4.76. The summed E-state index contributed by atoms with van der Waals surface area (Å²) in [7, 11) is 0. The number of hydrogen-bond donors (Lipinski definition) is 2. The summed E-state index contributed by atoms with van der Waals surface area (Å²) < 4.78 is 5.37. The lowest BCUT2D eigenvalue weighted by molar-refractivity contribution is -0.147. The Kier molecular flexibility index (Phi) is 2.29. The van der Waals surface area contributed by atoms with E-state index in [4.69, 9.17) is 9.84 Å². The van der Waals surface area contributed by atoms with Gasteiger partial charge in [0.25, 0.3) is 0 Å². The zero-order valence-corrected chi connectivity index (χ0v) is 9.73. The Bertz CT molecular complexity index is 534. The fraction of sp³-hybridized carbons (Fsp3) is 0.385. The Morgan fingerprint density at radius 1 is 1.33 bits per heavy atom. The molecular weight excluding hydrogens is 234 g/mol. The van der Waals surface area contributed by atoms with Gasteiger partial charge in [-0.05, 0) is 36.6 Å². The number of fused-ring (bicyclic) bond motifs is 1. The summed E-state index contributed by atoms with van der Waals surface area (Å²) in [6, 6.07) is 5.39. The summed E-state index contributed by atoms with van der Waals surface area (Å²) >= 11 is 0. The highest BCUT2D eigenvalue weighted by molar-refractivity contribution is 6.10. The van der Waals surface area contributed by atoms with Crippen LogP contribution in [0.2, 0.25) is 0 Å². The van der Waals surface area contributed by atoms with Crippen LogP contribution in [0.5, 0.6) is 5.75 Å². The highest BCUT2D eigenvalue weighted by atomic mass is 16.5. The maximum absolute atomic E-state index is 11.9. The smallest absolute Gasteiger partial charge is 0.319 e. The molecule has 1 saturated carbocycles. The lowest BCUT2D eigenvalue weighted by Gasteiger charge is -2.11. The number of amides is 1. The minimum Gasteiger partial charge on any atom is -0.493 e. The Labute approximate surface area is 104 Å². The molecule has 1 aliphatic heterocycles. The van der Waals surface area contributed by atoms with Gasteiger partial charge in [0.15, 0.2) is 0 Å². The van der Waals surface area contributed by atoms with Gasteiger partial charge in [0, 0.05) is 12.1 Å². The van der Waals surface area contributed by atoms with Crippen molar-refractivity contribution in [2.75, 3.05) is 11.9 Å². The second kappa shape index (κ2) is 3.73. The molecule has 5 nitrogen and oxygen atoms in total. The van der Waals surface area contributed by atoms with Crippen molar-refractivity contribution in [1.29, 1.82) is 0 Å². The molecule has 1 aliphatic carbocycles. The van der Waals surface area contributed by atoms with E-state index in [2.05, 4.69) is 5.32 Å². The maximum atomic E-state index is 11.9. The van der Waals surface area contributed by atoms with E-state index in [-0.39, 0.29) is 0 Å². The molecule has 1 amide bonds. The summed E-state index contributed by atoms with van der Waals surface area (Å²) in [6.45, 7) is 0.659. The van der Waals surface area contributed by atoms with E-state index in [0.717, 1.165) is 17.7 Å². The Balaban J connectivity index is 1.77. The summed E-state index contributed by atoms with van der Waals surface area (Å²) in [4.78, 5) is 22.9.